The van der Waals surface area contributed by atoms with Crippen LogP contribution in [0.1, 0.15) is 23.7 Å². The number of ether oxygens (including phenoxy) is 2. The quantitative estimate of drug-likeness (QED) is 0.631. The summed E-state index contributed by atoms with van der Waals surface area (Å²) in [6, 6.07) is 7.02. The van der Waals surface area contributed by atoms with Crippen LogP contribution >= 0.6 is 11.3 Å². The van der Waals surface area contributed by atoms with E-state index in [0.717, 1.165) is 4.88 Å². The van der Waals surface area contributed by atoms with Gasteiger partial charge in [-0.15, -0.1) is 11.3 Å². The third kappa shape index (κ3) is 4.27. The molecule has 2 rings (SSSR count). The molecule has 6 heteroatoms. The Labute approximate surface area is 126 Å². The van der Waals surface area contributed by atoms with Gasteiger partial charge < -0.3 is 14.5 Å². The average molecular weight is 307 g/mol. The van der Waals surface area contributed by atoms with Crippen molar-refractivity contribution in [2.24, 2.45) is 0 Å². The first kappa shape index (κ1) is 15.5. The van der Waals surface area contributed by atoms with Gasteiger partial charge >= 0.3 is 5.97 Å². The third-order valence-corrected chi connectivity index (χ3v) is 3.69. The maximum absolute atomic E-state index is 11.9. The van der Waals surface area contributed by atoms with E-state index >= 15 is 0 Å². The molecule has 0 amide bonds. The summed E-state index contributed by atoms with van der Waals surface area (Å²) in [5, 5.41) is 1.92. The van der Waals surface area contributed by atoms with E-state index in [4.69, 9.17) is 9.47 Å². The zero-order chi connectivity index (χ0) is 15.1. The van der Waals surface area contributed by atoms with Crippen LogP contribution in [-0.2, 0) is 9.47 Å². The van der Waals surface area contributed by atoms with Crippen LogP contribution in [0.5, 0.6) is 0 Å². The first-order chi connectivity index (χ1) is 10.2. The lowest BCUT2D eigenvalue weighted by Gasteiger charge is -2.05. The van der Waals surface area contributed by atoms with Gasteiger partial charge in [-0.25, -0.2) is 4.79 Å². The Kier molecular flexibility index (Phi) is 5.71. The molecule has 0 saturated carbocycles. The number of carbonyl (C=O) groups is 1. The predicted molar refractivity (Wildman–Crippen MR) is 81.8 cm³/mol. The first-order valence-corrected chi connectivity index (χ1v) is 7.62. The molecule has 5 nitrogen and oxygen atoms in total. The van der Waals surface area contributed by atoms with Crippen molar-refractivity contribution in [2.75, 3.05) is 19.8 Å². The molecule has 112 valence electrons. The Morgan fingerprint density at radius 2 is 2.14 bits per heavy atom. The van der Waals surface area contributed by atoms with Gasteiger partial charge in [-0.3, -0.25) is 4.79 Å². The minimum absolute atomic E-state index is 0.0201. The lowest BCUT2D eigenvalue weighted by Crippen LogP contribution is -2.20. The van der Waals surface area contributed by atoms with Crippen molar-refractivity contribution < 1.29 is 14.3 Å². The number of H-pyrrole nitrogens is 1. The van der Waals surface area contributed by atoms with E-state index in [-0.39, 0.29) is 12.2 Å². The van der Waals surface area contributed by atoms with Crippen molar-refractivity contribution in [2.45, 2.75) is 13.3 Å². The molecular formula is C15H17NO4S. The molecule has 0 fully saturated rings. The number of esters is 1. The number of hydrogen-bond donors (Lipinski definition) is 1. The number of hydrogen-bond acceptors (Lipinski definition) is 5. The fourth-order valence-electron chi connectivity index (χ4n) is 1.76. The van der Waals surface area contributed by atoms with Crippen LogP contribution in [0.3, 0.4) is 0 Å². The number of aromatic amines is 1. The van der Waals surface area contributed by atoms with Crippen LogP contribution in [0.2, 0.25) is 0 Å². The summed E-state index contributed by atoms with van der Waals surface area (Å²) in [5.41, 5.74) is 0.283. The van der Waals surface area contributed by atoms with E-state index in [2.05, 4.69) is 4.98 Å². The average Bonchev–Trinajstić information content (AvgIpc) is 3.01. The van der Waals surface area contributed by atoms with Gasteiger partial charge in [-0.2, -0.15) is 0 Å². The fourth-order valence-corrected chi connectivity index (χ4v) is 2.46. The minimum atomic E-state index is -0.606. The van der Waals surface area contributed by atoms with Gasteiger partial charge in [0, 0.05) is 19.6 Å². The summed E-state index contributed by atoms with van der Waals surface area (Å²) in [6.07, 6.45) is 0.616. The number of aromatic nitrogens is 1. The lowest BCUT2D eigenvalue weighted by atomic mass is 10.2. The molecule has 0 aliphatic carbocycles. The fraction of sp³-hybridized carbons (Fsp3) is 0.333. The number of carbonyl (C=O) groups excluding carboxylic acids is 1. The molecule has 2 heterocycles. The Morgan fingerprint density at radius 3 is 2.81 bits per heavy atom. The van der Waals surface area contributed by atoms with Gasteiger partial charge in [0.15, 0.2) is 0 Å². The Bertz CT molecular complexity index is 633. The first-order valence-electron chi connectivity index (χ1n) is 6.74. The zero-order valence-corrected chi connectivity index (χ0v) is 12.6. The maximum Gasteiger partial charge on any atom is 0.343 e. The number of rotatable bonds is 7. The van der Waals surface area contributed by atoms with Gasteiger partial charge in [0.05, 0.1) is 17.2 Å². The monoisotopic (exact) mass is 307 g/mol. The highest BCUT2D eigenvalue weighted by Gasteiger charge is 2.13. The Balaban J connectivity index is 1.97. The van der Waals surface area contributed by atoms with Gasteiger partial charge in [0.25, 0.3) is 5.56 Å². The molecule has 2 aromatic heterocycles. The highest BCUT2D eigenvalue weighted by atomic mass is 32.1. The molecule has 1 N–H and O–H groups in total. The van der Waals surface area contributed by atoms with Crippen molar-refractivity contribution in [3.63, 3.8) is 0 Å². The zero-order valence-electron chi connectivity index (χ0n) is 11.8. The van der Waals surface area contributed by atoms with Gasteiger partial charge in [0.1, 0.15) is 5.56 Å². The van der Waals surface area contributed by atoms with Gasteiger partial charge in [-0.1, -0.05) is 6.07 Å². The van der Waals surface area contributed by atoms with E-state index in [9.17, 15) is 9.59 Å². The molecule has 21 heavy (non-hydrogen) atoms. The smallest absolute Gasteiger partial charge is 0.343 e. The Hall–Kier alpha value is -1.92. The van der Waals surface area contributed by atoms with Crippen molar-refractivity contribution in [1.82, 2.24) is 4.98 Å². The van der Waals surface area contributed by atoms with Crippen LogP contribution < -0.4 is 5.56 Å². The normalized spacial score (nSPS) is 10.5. The van der Waals surface area contributed by atoms with E-state index in [0.29, 0.717) is 25.3 Å². The molecule has 0 aromatic carbocycles. The van der Waals surface area contributed by atoms with Crippen LogP contribution in [0.15, 0.2) is 34.4 Å². The predicted octanol–water partition coefficient (Wildman–Crippen LogP) is 2.69. The third-order valence-electron chi connectivity index (χ3n) is 2.79. The molecule has 0 atom stereocenters. The van der Waals surface area contributed by atoms with Crippen LogP contribution in [0.25, 0.3) is 10.6 Å². The summed E-state index contributed by atoms with van der Waals surface area (Å²) in [6.45, 7) is 3.32. The van der Waals surface area contributed by atoms with Gasteiger partial charge in [0.2, 0.25) is 0 Å². The van der Waals surface area contributed by atoms with Crippen molar-refractivity contribution in [1.29, 1.82) is 0 Å². The van der Waals surface area contributed by atoms with Crippen LogP contribution in [0, 0.1) is 0 Å². The SMILES string of the molecule is CCOCCCOC(=O)c1ccc(-c2cccs2)[nH]c1=O. The van der Waals surface area contributed by atoms with Crippen molar-refractivity contribution in [3.05, 3.63) is 45.6 Å². The summed E-state index contributed by atoms with van der Waals surface area (Å²) < 4.78 is 10.2. The highest BCUT2D eigenvalue weighted by molar-refractivity contribution is 7.13. The van der Waals surface area contributed by atoms with Crippen molar-refractivity contribution >= 4 is 17.3 Å². The summed E-state index contributed by atoms with van der Waals surface area (Å²) in [5.74, 6) is -0.606. The minimum Gasteiger partial charge on any atom is -0.462 e. The van der Waals surface area contributed by atoms with E-state index in [1.54, 1.807) is 6.07 Å². The standard InChI is InChI=1S/C15H17NO4S/c1-2-19-8-4-9-20-15(18)11-6-7-12(16-14(11)17)13-5-3-10-21-13/h3,5-7,10H,2,4,8-9H2,1H3,(H,16,17). The number of pyridine rings is 1. The summed E-state index contributed by atoms with van der Waals surface area (Å²) >= 11 is 1.52. The molecular weight excluding hydrogens is 290 g/mol. The number of thiophene rings is 1. The van der Waals surface area contributed by atoms with Crippen LogP contribution in [-0.4, -0.2) is 30.8 Å². The maximum atomic E-state index is 11.9. The largest absolute Gasteiger partial charge is 0.462 e. The Morgan fingerprint density at radius 1 is 1.29 bits per heavy atom. The topological polar surface area (TPSA) is 68.4 Å². The van der Waals surface area contributed by atoms with E-state index in [1.165, 1.54) is 17.4 Å². The molecule has 0 unspecified atom stereocenters. The summed E-state index contributed by atoms with van der Waals surface area (Å²) in [7, 11) is 0. The highest BCUT2D eigenvalue weighted by Crippen LogP contribution is 2.21. The molecule has 0 bridgehead atoms. The molecule has 0 spiro atoms. The van der Waals surface area contributed by atoms with Crippen LogP contribution in [0.4, 0.5) is 0 Å². The second kappa shape index (κ2) is 7.75. The molecule has 2 aromatic rings. The van der Waals surface area contributed by atoms with Crippen molar-refractivity contribution in [3.8, 4) is 10.6 Å². The lowest BCUT2D eigenvalue weighted by molar-refractivity contribution is 0.0450. The molecule has 0 saturated heterocycles. The van der Waals surface area contributed by atoms with E-state index < -0.39 is 11.5 Å². The molecule has 0 aliphatic rings. The molecule has 0 radical (unpaired) electrons. The van der Waals surface area contributed by atoms with Gasteiger partial charge in [-0.05, 0) is 30.5 Å². The summed E-state index contributed by atoms with van der Waals surface area (Å²) in [4.78, 5) is 27.4. The second-order valence-electron chi connectivity index (χ2n) is 4.28. The second-order valence-corrected chi connectivity index (χ2v) is 5.23. The van der Waals surface area contributed by atoms with E-state index in [1.807, 2.05) is 24.4 Å². The number of nitrogens with one attached hydrogen (secondary N) is 1. The molecule has 0 aliphatic heterocycles.